The second kappa shape index (κ2) is 8.14. The maximum absolute atomic E-state index is 14.0. The summed E-state index contributed by atoms with van der Waals surface area (Å²) in [7, 11) is 1.51. The average Bonchev–Trinajstić information content (AvgIpc) is 3.34. The number of anilines is 3. The van der Waals surface area contributed by atoms with Crippen molar-refractivity contribution >= 4 is 34.8 Å². The fraction of sp³-hybridized carbons (Fsp3) is 0.318. The number of carbonyl (C=O) groups is 3. The second-order valence-electron chi connectivity index (χ2n) is 7.38. The summed E-state index contributed by atoms with van der Waals surface area (Å²) in [6.45, 7) is 0.750. The van der Waals surface area contributed by atoms with Crippen LogP contribution in [0.15, 0.2) is 42.5 Å². The van der Waals surface area contributed by atoms with Crippen LogP contribution in [-0.4, -0.2) is 37.9 Å². The molecule has 0 aromatic heterocycles. The summed E-state index contributed by atoms with van der Waals surface area (Å²) >= 11 is 0. The standard InChI is InChI=1S/C22H22FN3O4/c1-30-19-12-15(8-9-18(19)25-10-4-7-20(25)27)24-22(29)14-11-21(28)26(13-14)17-6-3-2-5-16(17)23/h2-3,5-6,8-9,12,14H,4,7,10-11,13H2,1H3,(H,24,29). The molecule has 0 spiro atoms. The van der Waals surface area contributed by atoms with Crippen molar-refractivity contribution < 1.29 is 23.5 Å². The predicted molar refractivity (Wildman–Crippen MR) is 110 cm³/mol. The molecular weight excluding hydrogens is 389 g/mol. The zero-order valence-electron chi connectivity index (χ0n) is 16.6. The SMILES string of the molecule is COc1cc(NC(=O)C2CC(=O)N(c3ccccc3F)C2)ccc1N1CCCC1=O. The molecule has 8 heteroatoms. The van der Waals surface area contributed by atoms with E-state index in [2.05, 4.69) is 5.32 Å². The molecular formula is C22H22FN3O4. The molecule has 1 atom stereocenters. The molecule has 2 fully saturated rings. The molecule has 3 amide bonds. The first-order valence-electron chi connectivity index (χ1n) is 9.82. The van der Waals surface area contributed by atoms with Crippen molar-refractivity contribution in [2.75, 3.05) is 35.3 Å². The highest BCUT2D eigenvalue weighted by molar-refractivity contribution is 6.04. The van der Waals surface area contributed by atoms with E-state index in [4.69, 9.17) is 4.74 Å². The minimum Gasteiger partial charge on any atom is -0.494 e. The van der Waals surface area contributed by atoms with Gasteiger partial charge in [-0.3, -0.25) is 14.4 Å². The van der Waals surface area contributed by atoms with Crippen molar-refractivity contribution in [1.29, 1.82) is 0 Å². The Kier molecular flexibility index (Phi) is 5.39. The number of amides is 3. The summed E-state index contributed by atoms with van der Waals surface area (Å²) in [6.07, 6.45) is 1.32. The monoisotopic (exact) mass is 411 g/mol. The zero-order valence-corrected chi connectivity index (χ0v) is 16.6. The fourth-order valence-electron chi connectivity index (χ4n) is 3.91. The van der Waals surface area contributed by atoms with Gasteiger partial charge in [0.25, 0.3) is 0 Å². The lowest BCUT2D eigenvalue weighted by Crippen LogP contribution is -2.28. The first-order chi connectivity index (χ1) is 14.5. The highest BCUT2D eigenvalue weighted by Gasteiger charge is 2.36. The third kappa shape index (κ3) is 3.72. The maximum atomic E-state index is 14.0. The van der Waals surface area contributed by atoms with Gasteiger partial charge < -0.3 is 19.9 Å². The molecule has 7 nitrogen and oxygen atoms in total. The van der Waals surface area contributed by atoms with Gasteiger partial charge in [0.1, 0.15) is 11.6 Å². The third-order valence-corrected chi connectivity index (χ3v) is 5.45. The van der Waals surface area contributed by atoms with Crippen LogP contribution in [0.2, 0.25) is 0 Å². The Hall–Kier alpha value is -3.42. The number of para-hydroxylation sites is 1. The number of nitrogens with one attached hydrogen (secondary N) is 1. The van der Waals surface area contributed by atoms with Crippen molar-refractivity contribution in [3.63, 3.8) is 0 Å². The van der Waals surface area contributed by atoms with E-state index in [-0.39, 0.29) is 36.4 Å². The third-order valence-electron chi connectivity index (χ3n) is 5.45. The van der Waals surface area contributed by atoms with Crippen molar-refractivity contribution in [3.8, 4) is 5.75 Å². The lowest BCUT2D eigenvalue weighted by atomic mass is 10.1. The van der Waals surface area contributed by atoms with E-state index in [1.54, 1.807) is 35.2 Å². The number of hydrogen-bond donors (Lipinski definition) is 1. The molecule has 0 radical (unpaired) electrons. The number of benzene rings is 2. The van der Waals surface area contributed by atoms with E-state index in [1.807, 2.05) is 0 Å². The largest absolute Gasteiger partial charge is 0.494 e. The molecule has 0 saturated carbocycles. The van der Waals surface area contributed by atoms with Gasteiger partial charge in [0.15, 0.2) is 0 Å². The van der Waals surface area contributed by atoms with Gasteiger partial charge in [-0.05, 0) is 30.7 Å². The van der Waals surface area contributed by atoms with E-state index >= 15 is 0 Å². The molecule has 2 aromatic rings. The summed E-state index contributed by atoms with van der Waals surface area (Å²) in [5.74, 6) is -1.18. The minimum absolute atomic E-state index is 0.0116. The van der Waals surface area contributed by atoms with Crippen LogP contribution in [0.3, 0.4) is 0 Å². The molecule has 2 heterocycles. The van der Waals surface area contributed by atoms with Crippen LogP contribution in [0.25, 0.3) is 0 Å². The number of carbonyl (C=O) groups excluding carboxylic acids is 3. The van der Waals surface area contributed by atoms with Crippen LogP contribution in [-0.2, 0) is 14.4 Å². The topological polar surface area (TPSA) is 79.0 Å². The van der Waals surface area contributed by atoms with E-state index in [1.165, 1.54) is 24.1 Å². The van der Waals surface area contributed by atoms with Gasteiger partial charge in [0.2, 0.25) is 17.7 Å². The van der Waals surface area contributed by atoms with Crippen molar-refractivity contribution in [2.45, 2.75) is 19.3 Å². The molecule has 1 unspecified atom stereocenters. The number of rotatable bonds is 5. The Bertz CT molecular complexity index is 1010. The van der Waals surface area contributed by atoms with E-state index in [9.17, 15) is 18.8 Å². The maximum Gasteiger partial charge on any atom is 0.229 e. The van der Waals surface area contributed by atoms with Gasteiger partial charge >= 0.3 is 0 Å². The lowest BCUT2D eigenvalue weighted by molar-refractivity contribution is -0.122. The number of nitrogens with zero attached hydrogens (tertiary/aromatic N) is 2. The van der Waals surface area contributed by atoms with Gasteiger partial charge in [0, 0.05) is 37.7 Å². The average molecular weight is 411 g/mol. The quantitative estimate of drug-likeness (QED) is 0.821. The van der Waals surface area contributed by atoms with Gasteiger partial charge in [-0.15, -0.1) is 0 Å². The Morgan fingerprint density at radius 1 is 1.10 bits per heavy atom. The zero-order chi connectivity index (χ0) is 21.3. The Balaban J connectivity index is 1.47. The first kappa shape index (κ1) is 19.9. The van der Waals surface area contributed by atoms with Crippen LogP contribution in [0, 0.1) is 11.7 Å². The summed E-state index contributed by atoms with van der Waals surface area (Å²) in [6, 6.07) is 11.1. The molecule has 1 N–H and O–H groups in total. The van der Waals surface area contributed by atoms with Crippen LogP contribution in [0.1, 0.15) is 19.3 Å². The summed E-state index contributed by atoms with van der Waals surface area (Å²) < 4.78 is 19.4. The second-order valence-corrected chi connectivity index (χ2v) is 7.38. The number of ether oxygens (including phenoxy) is 1. The van der Waals surface area contributed by atoms with E-state index in [0.29, 0.717) is 30.1 Å². The fourth-order valence-corrected chi connectivity index (χ4v) is 3.91. The van der Waals surface area contributed by atoms with Gasteiger partial charge in [-0.25, -0.2) is 4.39 Å². The summed E-state index contributed by atoms with van der Waals surface area (Å²) in [5, 5.41) is 2.80. The van der Waals surface area contributed by atoms with Crippen LogP contribution < -0.4 is 19.9 Å². The van der Waals surface area contributed by atoms with Crippen LogP contribution >= 0.6 is 0 Å². The smallest absolute Gasteiger partial charge is 0.229 e. The van der Waals surface area contributed by atoms with Crippen molar-refractivity contribution in [3.05, 3.63) is 48.3 Å². The highest BCUT2D eigenvalue weighted by atomic mass is 19.1. The van der Waals surface area contributed by atoms with Crippen LogP contribution in [0.4, 0.5) is 21.5 Å². The molecule has 156 valence electrons. The molecule has 4 rings (SSSR count). The number of halogens is 1. The molecule has 2 aromatic carbocycles. The Morgan fingerprint density at radius 2 is 1.90 bits per heavy atom. The number of methoxy groups -OCH3 is 1. The number of hydrogen-bond acceptors (Lipinski definition) is 4. The summed E-state index contributed by atoms with van der Waals surface area (Å²) in [5.41, 5.74) is 1.35. The Labute approximate surface area is 173 Å². The van der Waals surface area contributed by atoms with Gasteiger partial charge in [-0.1, -0.05) is 12.1 Å². The summed E-state index contributed by atoms with van der Waals surface area (Å²) in [4.78, 5) is 40.1. The van der Waals surface area contributed by atoms with E-state index < -0.39 is 11.7 Å². The molecule has 2 aliphatic heterocycles. The van der Waals surface area contributed by atoms with E-state index in [0.717, 1.165) is 6.42 Å². The normalized spacial score (nSPS) is 18.8. The molecule has 2 saturated heterocycles. The Morgan fingerprint density at radius 3 is 2.60 bits per heavy atom. The molecule has 0 bridgehead atoms. The van der Waals surface area contributed by atoms with Crippen LogP contribution in [0.5, 0.6) is 5.75 Å². The molecule has 0 aliphatic carbocycles. The van der Waals surface area contributed by atoms with Gasteiger partial charge in [-0.2, -0.15) is 0 Å². The van der Waals surface area contributed by atoms with Crippen molar-refractivity contribution in [2.24, 2.45) is 5.92 Å². The lowest BCUT2D eigenvalue weighted by Gasteiger charge is -2.20. The molecule has 30 heavy (non-hydrogen) atoms. The molecule has 2 aliphatic rings. The van der Waals surface area contributed by atoms with Crippen molar-refractivity contribution in [1.82, 2.24) is 0 Å². The highest BCUT2D eigenvalue weighted by Crippen LogP contribution is 2.34. The van der Waals surface area contributed by atoms with Gasteiger partial charge in [0.05, 0.1) is 24.4 Å². The first-order valence-corrected chi connectivity index (χ1v) is 9.82. The predicted octanol–water partition coefficient (Wildman–Crippen LogP) is 2.95. The minimum atomic E-state index is -0.595.